The number of nitrogens with zero attached hydrogens (tertiary/aromatic N) is 2. The normalized spacial score (nSPS) is 17.1. The van der Waals surface area contributed by atoms with Crippen LogP contribution in [0.25, 0.3) is 0 Å². The van der Waals surface area contributed by atoms with Crippen molar-refractivity contribution in [1.29, 1.82) is 0 Å². The van der Waals surface area contributed by atoms with Crippen molar-refractivity contribution in [1.82, 2.24) is 9.80 Å². The first-order valence-electron chi connectivity index (χ1n) is 9.05. The summed E-state index contributed by atoms with van der Waals surface area (Å²) < 4.78 is 5.42. The molecular weight excluding hydrogens is 300 g/mol. The zero-order valence-corrected chi connectivity index (χ0v) is 15.0. The fraction of sp³-hybridized carbons (Fsp3) is 0.600. The summed E-state index contributed by atoms with van der Waals surface area (Å²) in [6.07, 6.45) is 3.23. The highest BCUT2D eigenvalue weighted by Gasteiger charge is 2.16. The minimum Gasteiger partial charge on any atom is -0.392 e. The smallest absolute Gasteiger partial charge is 0.0670 e. The summed E-state index contributed by atoms with van der Waals surface area (Å²) in [5.41, 5.74) is 2.66. The van der Waals surface area contributed by atoms with E-state index in [2.05, 4.69) is 47.6 Å². The molecule has 2 rings (SSSR count). The molecule has 0 spiro atoms. The molecule has 1 saturated heterocycles. The maximum Gasteiger partial charge on any atom is 0.0670 e. The average molecular weight is 332 g/mol. The van der Waals surface area contributed by atoms with Crippen LogP contribution >= 0.6 is 0 Å². The van der Waals surface area contributed by atoms with Crippen LogP contribution in [0.2, 0.25) is 0 Å². The Kier molecular flexibility index (Phi) is 8.47. The van der Waals surface area contributed by atoms with Gasteiger partial charge in [-0.05, 0) is 30.9 Å². The van der Waals surface area contributed by atoms with Crippen molar-refractivity contribution in [3.63, 3.8) is 0 Å². The molecule has 4 nitrogen and oxygen atoms in total. The summed E-state index contributed by atoms with van der Waals surface area (Å²) in [4.78, 5) is 4.83. The Hall–Kier alpha value is -1.20. The molecule has 1 atom stereocenters. The van der Waals surface area contributed by atoms with Gasteiger partial charge in [0.15, 0.2) is 0 Å². The molecule has 0 unspecified atom stereocenters. The van der Waals surface area contributed by atoms with Crippen LogP contribution < -0.4 is 0 Å². The van der Waals surface area contributed by atoms with Gasteiger partial charge in [-0.1, -0.05) is 30.3 Å². The van der Waals surface area contributed by atoms with Crippen molar-refractivity contribution in [3.05, 3.63) is 48.0 Å². The number of hydrogen-bond acceptors (Lipinski definition) is 4. The van der Waals surface area contributed by atoms with Crippen LogP contribution in [-0.4, -0.2) is 66.9 Å². The summed E-state index contributed by atoms with van der Waals surface area (Å²) >= 11 is 0. The topological polar surface area (TPSA) is 35.9 Å². The highest BCUT2D eigenvalue weighted by molar-refractivity contribution is 5.25. The lowest BCUT2D eigenvalue weighted by Crippen LogP contribution is -2.43. The maximum atomic E-state index is 10.3. The highest BCUT2D eigenvalue weighted by Crippen LogP contribution is 2.12. The molecule has 1 aromatic rings. The minimum atomic E-state index is -0.295. The zero-order chi connectivity index (χ0) is 17.2. The molecule has 134 valence electrons. The Morgan fingerprint density at radius 3 is 2.79 bits per heavy atom. The first kappa shape index (κ1) is 19.1. The molecule has 0 bridgehead atoms. The van der Waals surface area contributed by atoms with E-state index in [9.17, 15) is 5.11 Å². The number of aliphatic hydroxyl groups excluding tert-OH is 1. The fourth-order valence-electron chi connectivity index (χ4n) is 3.07. The second-order valence-electron chi connectivity index (χ2n) is 6.64. The second kappa shape index (κ2) is 10.6. The van der Waals surface area contributed by atoms with Crippen molar-refractivity contribution < 1.29 is 9.84 Å². The van der Waals surface area contributed by atoms with E-state index in [0.717, 1.165) is 58.8 Å². The molecule has 1 fully saturated rings. The number of ether oxygens (including phenoxy) is 1. The lowest BCUT2D eigenvalue weighted by molar-refractivity contribution is 0.0288. The van der Waals surface area contributed by atoms with Crippen molar-refractivity contribution in [2.24, 2.45) is 0 Å². The third-order valence-corrected chi connectivity index (χ3v) is 4.66. The van der Waals surface area contributed by atoms with E-state index in [1.54, 1.807) is 0 Å². The van der Waals surface area contributed by atoms with Gasteiger partial charge in [0.05, 0.1) is 19.3 Å². The number of hydrogen-bond donors (Lipinski definition) is 1. The Bertz CT molecular complexity index is 486. The molecule has 0 amide bonds. The van der Waals surface area contributed by atoms with Gasteiger partial charge in [-0.2, -0.15) is 0 Å². The van der Waals surface area contributed by atoms with Crippen molar-refractivity contribution >= 4 is 0 Å². The van der Waals surface area contributed by atoms with E-state index in [1.165, 1.54) is 11.1 Å². The molecule has 1 aliphatic heterocycles. The Morgan fingerprint density at radius 2 is 2.08 bits per heavy atom. The molecular formula is C20H32N2O2. The van der Waals surface area contributed by atoms with E-state index in [4.69, 9.17) is 4.74 Å². The van der Waals surface area contributed by atoms with E-state index in [-0.39, 0.29) is 6.10 Å². The van der Waals surface area contributed by atoms with Crippen LogP contribution in [0.3, 0.4) is 0 Å². The number of benzene rings is 1. The molecule has 0 saturated carbocycles. The third kappa shape index (κ3) is 6.73. The SMILES string of the molecule is C=CCC[C@@H](O)CN(CCN1CCOCC1)Cc1ccccc1C. The monoisotopic (exact) mass is 332 g/mol. The van der Waals surface area contributed by atoms with Crippen molar-refractivity contribution in [2.45, 2.75) is 32.4 Å². The Balaban J connectivity index is 1.91. The van der Waals surface area contributed by atoms with E-state index < -0.39 is 0 Å². The van der Waals surface area contributed by atoms with Crippen molar-refractivity contribution in [2.75, 3.05) is 45.9 Å². The average Bonchev–Trinajstić information content (AvgIpc) is 2.60. The van der Waals surface area contributed by atoms with Crippen LogP contribution in [0.15, 0.2) is 36.9 Å². The van der Waals surface area contributed by atoms with Gasteiger partial charge in [0.2, 0.25) is 0 Å². The first-order valence-corrected chi connectivity index (χ1v) is 9.05. The number of aryl methyl sites for hydroxylation is 1. The molecule has 1 N–H and O–H groups in total. The maximum absolute atomic E-state index is 10.3. The lowest BCUT2D eigenvalue weighted by Gasteiger charge is -2.31. The predicted molar refractivity (Wildman–Crippen MR) is 99.2 cm³/mol. The standard InChI is InChI=1S/C20H32N2O2/c1-3-4-9-20(23)17-22(11-10-21-12-14-24-15-13-21)16-19-8-6-5-7-18(19)2/h3,5-8,20,23H,1,4,9-17H2,2H3/t20-/m1/s1. The van der Waals surface area contributed by atoms with Gasteiger partial charge in [0, 0.05) is 39.3 Å². The van der Waals surface area contributed by atoms with Crippen LogP contribution in [0.4, 0.5) is 0 Å². The van der Waals surface area contributed by atoms with Crippen LogP contribution in [0.1, 0.15) is 24.0 Å². The van der Waals surface area contributed by atoms with E-state index in [1.807, 2.05) is 6.08 Å². The lowest BCUT2D eigenvalue weighted by atomic mass is 10.1. The number of morpholine rings is 1. The predicted octanol–water partition coefficient (Wildman–Crippen LogP) is 2.46. The van der Waals surface area contributed by atoms with Gasteiger partial charge in [0.25, 0.3) is 0 Å². The zero-order valence-electron chi connectivity index (χ0n) is 15.0. The van der Waals surface area contributed by atoms with E-state index >= 15 is 0 Å². The van der Waals surface area contributed by atoms with Crippen molar-refractivity contribution in [3.8, 4) is 0 Å². The molecule has 0 radical (unpaired) electrons. The van der Waals surface area contributed by atoms with Gasteiger partial charge < -0.3 is 9.84 Å². The van der Waals surface area contributed by atoms with Crippen LogP contribution in [-0.2, 0) is 11.3 Å². The van der Waals surface area contributed by atoms with Gasteiger partial charge >= 0.3 is 0 Å². The van der Waals surface area contributed by atoms with Crippen LogP contribution in [0, 0.1) is 6.92 Å². The summed E-state index contributed by atoms with van der Waals surface area (Å²) in [6.45, 7) is 13.2. The fourth-order valence-corrected chi connectivity index (χ4v) is 3.07. The molecule has 24 heavy (non-hydrogen) atoms. The molecule has 1 aromatic carbocycles. The summed E-state index contributed by atoms with van der Waals surface area (Å²) in [7, 11) is 0. The van der Waals surface area contributed by atoms with Gasteiger partial charge in [-0.25, -0.2) is 0 Å². The molecule has 0 aromatic heterocycles. The first-order chi connectivity index (χ1) is 11.7. The summed E-state index contributed by atoms with van der Waals surface area (Å²) in [5.74, 6) is 0. The molecule has 1 heterocycles. The van der Waals surface area contributed by atoms with Gasteiger partial charge in [0.1, 0.15) is 0 Å². The minimum absolute atomic E-state index is 0.295. The molecule has 4 heteroatoms. The summed E-state index contributed by atoms with van der Waals surface area (Å²) in [6, 6.07) is 8.52. The quantitative estimate of drug-likeness (QED) is 0.668. The third-order valence-electron chi connectivity index (χ3n) is 4.66. The molecule has 0 aliphatic carbocycles. The number of allylic oxidation sites excluding steroid dienone is 1. The van der Waals surface area contributed by atoms with E-state index in [0.29, 0.717) is 6.54 Å². The second-order valence-corrected chi connectivity index (χ2v) is 6.64. The Morgan fingerprint density at radius 1 is 1.33 bits per heavy atom. The highest BCUT2D eigenvalue weighted by atomic mass is 16.5. The number of rotatable bonds is 10. The van der Waals surface area contributed by atoms with Gasteiger partial charge in [-0.3, -0.25) is 9.80 Å². The summed E-state index contributed by atoms with van der Waals surface area (Å²) in [5, 5.41) is 10.3. The van der Waals surface area contributed by atoms with Gasteiger partial charge in [-0.15, -0.1) is 6.58 Å². The Labute approximate surface area is 146 Å². The molecule has 1 aliphatic rings. The largest absolute Gasteiger partial charge is 0.392 e. The van der Waals surface area contributed by atoms with Crippen LogP contribution in [0.5, 0.6) is 0 Å². The number of aliphatic hydroxyl groups is 1.